The molecule has 92 valence electrons. The van der Waals surface area contributed by atoms with Gasteiger partial charge in [-0.1, -0.05) is 23.7 Å². The second-order valence-corrected chi connectivity index (χ2v) is 4.81. The highest BCUT2D eigenvalue weighted by molar-refractivity contribution is 7.87. The van der Waals surface area contributed by atoms with Crippen molar-refractivity contribution < 1.29 is 8.42 Å². The number of para-hydroxylation sites is 1. The number of nitrogen functional groups attached to an aromatic ring is 1. The topological polar surface area (TPSA) is 98.2 Å². The molecule has 0 aliphatic carbocycles. The second kappa shape index (κ2) is 7.70. The molecule has 0 amide bonds. The fourth-order valence-electron chi connectivity index (χ4n) is 0.656. The molecule has 0 unspecified atom stereocenters. The molecule has 1 aromatic rings. The van der Waals surface area contributed by atoms with Crippen LogP contribution in [-0.4, -0.2) is 20.8 Å². The van der Waals surface area contributed by atoms with Gasteiger partial charge in [0.2, 0.25) is 0 Å². The van der Waals surface area contributed by atoms with E-state index in [4.69, 9.17) is 28.9 Å². The lowest BCUT2D eigenvalue weighted by atomic mass is 10.3. The number of nitrogens with two attached hydrogens (primary N) is 2. The number of alkyl halides is 1. The van der Waals surface area contributed by atoms with Crippen molar-refractivity contribution in [2.24, 2.45) is 5.14 Å². The zero-order valence-electron chi connectivity index (χ0n) is 8.36. The van der Waals surface area contributed by atoms with Crippen LogP contribution in [0.2, 0.25) is 5.02 Å². The minimum absolute atomic E-state index is 0.181. The van der Waals surface area contributed by atoms with Crippen molar-refractivity contribution >= 4 is 39.1 Å². The Hall–Kier alpha value is -0.530. The summed E-state index contributed by atoms with van der Waals surface area (Å²) in [7, 11) is -3.52. The quantitative estimate of drug-likeness (QED) is 0.569. The van der Waals surface area contributed by atoms with Crippen molar-refractivity contribution in [2.45, 2.75) is 0 Å². The molecule has 5 N–H and O–H groups in total. The first-order valence-electron chi connectivity index (χ1n) is 4.20. The first-order valence-corrected chi connectivity index (χ1v) is 6.66. The molecule has 0 saturated heterocycles. The lowest BCUT2D eigenvalue weighted by Gasteiger charge is -1.94. The van der Waals surface area contributed by atoms with Gasteiger partial charge in [0.1, 0.15) is 0 Å². The van der Waals surface area contributed by atoms with E-state index in [0.29, 0.717) is 10.7 Å². The zero-order valence-corrected chi connectivity index (χ0v) is 10.7. The molecule has 0 radical (unpaired) electrons. The largest absolute Gasteiger partial charge is 0.398 e. The highest BCUT2D eigenvalue weighted by atomic mass is 35.5. The summed E-state index contributed by atoms with van der Waals surface area (Å²) in [6.45, 7) is 0.181. The van der Waals surface area contributed by atoms with Crippen molar-refractivity contribution in [1.29, 1.82) is 0 Å². The summed E-state index contributed by atoms with van der Waals surface area (Å²) in [6, 6.07) is 7.22. The monoisotopic (exact) mass is 285 g/mol. The summed E-state index contributed by atoms with van der Waals surface area (Å²) in [4.78, 5) is 0. The first kappa shape index (κ1) is 15.5. The number of halogens is 2. The van der Waals surface area contributed by atoms with Crippen LogP contribution in [0.3, 0.4) is 0 Å². The highest BCUT2D eigenvalue weighted by Crippen LogP contribution is 2.15. The SMILES string of the molecule is NS(=O)(=O)NCCCl.Nc1ccccc1Cl. The Bertz CT molecular complexity index is 390. The fourth-order valence-corrected chi connectivity index (χ4v) is 1.38. The maximum atomic E-state index is 10.00. The minimum Gasteiger partial charge on any atom is -0.398 e. The predicted molar refractivity (Wildman–Crippen MR) is 67.7 cm³/mol. The second-order valence-electron chi connectivity index (χ2n) is 2.65. The average molecular weight is 286 g/mol. The van der Waals surface area contributed by atoms with Gasteiger partial charge in [-0.2, -0.15) is 8.42 Å². The molecular formula is C8H13Cl2N3O2S. The first-order chi connectivity index (χ1) is 7.37. The van der Waals surface area contributed by atoms with E-state index in [1.807, 2.05) is 16.9 Å². The van der Waals surface area contributed by atoms with Crippen LogP contribution in [0.1, 0.15) is 0 Å². The standard InChI is InChI=1S/C6H6ClN.C2H7ClN2O2S/c7-5-3-1-2-4-6(5)8;3-1-2-5-8(4,6)7/h1-4H,8H2;5H,1-2H2,(H2,4,6,7). The number of hydrogen-bond acceptors (Lipinski definition) is 3. The van der Waals surface area contributed by atoms with Crippen LogP contribution in [0.4, 0.5) is 5.69 Å². The van der Waals surface area contributed by atoms with Crippen molar-refractivity contribution in [3.8, 4) is 0 Å². The van der Waals surface area contributed by atoms with Crippen molar-refractivity contribution in [3.05, 3.63) is 29.3 Å². The maximum absolute atomic E-state index is 10.00. The Morgan fingerprint density at radius 1 is 1.31 bits per heavy atom. The molecule has 1 rings (SSSR count). The third-order valence-corrected chi connectivity index (χ3v) is 2.44. The third kappa shape index (κ3) is 8.75. The summed E-state index contributed by atoms with van der Waals surface area (Å²) < 4.78 is 22.0. The van der Waals surface area contributed by atoms with E-state index in [2.05, 4.69) is 5.14 Å². The lowest BCUT2D eigenvalue weighted by molar-refractivity contribution is 0.586. The molecule has 8 heteroatoms. The summed E-state index contributed by atoms with van der Waals surface area (Å²) in [5, 5.41) is 5.14. The number of anilines is 1. The molecule has 0 saturated carbocycles. The van der Waals surface area contributed by atoms with E-state index < -0.39 is 10.2 Å². The summed E-state index contributed by atoms with van der Waals surface area (Å²) in [6.07, 6.45) is 0. The van der Waals surface area contributed by atoms with Crippen molar-refractivity contribution in [1.82, 2.24) is 4.72 Å². The molecule has 0 aliphatic heterocycles. The van der Waals surface area contributed by atoms with Gasteiger partial charge in [0.05, 0.1) is 10.7 Å². The van der Waals surface area contributed by atoms with Gasteiger partial charge in [0, 0.05) is 12.4 Å². The van der Waals surface area contributed by atoms with E-state index >= 15 is 0 Å². The molecule has 0 atom stereocenters. The van der Waals surface area contributed by atoms with E-state index in [-0.39, 0.29) is 12.4 Å². The highest BCUT2D eigenvalue weighted by Gasteiger charge is 1.95. The average Bonchev–Trinajstić information content (AvgIpc) is 2.19. The molecular weight excluding hydrogens is 273 g/mol. The maximum Gasteiger partial charge on any atom is 0.274 e. The van der Waals surface area contributed by atoms with Crippen molar-refractivity contribution in [3.63, 3.8) is 0 Å². The molecule has 0 aromatic heterocycles. The van der Waals surface area contributed by atoms with E-state index in [1.54, 1.807) is 12.1 Å². The van der Waals surface area contributed by atoms with Gasteiger partial charge in [0.15, 0.2) is 0 Å². The van der Waals surface area contributed by atoms with Crippen LogP contribution in [0.15, 0.2) is 24.3 Å². The molecule has 16 heavy (non-hydrogen) atoms. The molecule has 0 bridgehead atoms. The van der Waals surface area contributed by atoms with E-state index in [9.17, 15) is 8.42 Å². The van der Waals surface area contributed by atoms with Gasteiger partial charge in [-0.25, -0.2) is 9.86 Å². The Balaban J connectivity index is 0.000000281. The van der Waals surface area contributed by atoms with Gasteiger partial charge in [-0.3, -0.25) is 0 Å². The van der Waals surface area contributed by atoms with Gasteiger partial charge in [0.25, 0.3) is 10.2 Å². The Morgan fingerprint density at radius 2 is 1.88 bits per heavy atom. The summed E-state index contributed by atoms with van der Waals surface area (Å²) in [5.74, 6) is 0.233. The Labute approximate surface area is 105 Å². The van der Waals surface area contributed by atoms with Gasteiger partial charge in [-0.05, 0) is 12.1 Å². The van der Waals surface area contributed by atoms with Crippen LogP contribution < -0.4 is 15.6 Å². The van der Waals surface area contributed by atoms with Crippen LogP contribution in [-0.2, 0) is 10.2 Å². The van der Waals surface area contributed by atoms with Crippen molar-refractivity contribution in [2.75, 3.05) is 18.2 Å². The third-order valence-electron chi connectivity index (χ3n) is 1.30. The van der Waals surface area contributed by atoms with E-state index in [1.165, 1.54) is 0 Å². The number of benzene rings is 1. The summed E-state index contributed by atoms with van der Waals surface area (Å²) >= 11 is 10.7. The smallest absolute Gasteiger partial charge is 0.274 e. The minimum atomic E-state index is -3.52. The lowest BCUT2D eigenvalue weighted by Crippen LogP contribution is -2.32. The molecule has 0 spiro atoms. The number of hydrogen-bond donors (Lipinski definition) is 3. The van der Waals surface area contributed by atoms with Gasteiger partial charge >= 0.3 is 0 Å². The molecule has 5 nitrogen and oxygen atoms in total. The van der Waals surface area contributed by atoms with Crippen LogP contribution >= 0.6 is 23.2 Å². The Kier molecular flexibility index (Phi) is 7.44. The Morgan fingerprint density at radius 3 is 2.12 bits per heavy atom. The molecule has 1 aromatic carbocycles. The van der Waals surface area contributed by atoms with Gasteiger partial charge < -0.3 is 5.73 Å². The van der Waals surface area contributed by atoms with Gasteiger partial charge in [-0.15, -0.1) is 11.6 Å². The van der Waals surface area contributed by atoms with E-state index in [0.717, 1.165) is 0 Å². The molecule has 0 aliphatic rings. The predicted octanol–water partition coefficient (Wildman–Crippen LogP) is 0.941. The number of nitrogens with one attached hydrogen (secondary N) is 1. The zero-order chi connectivity index (χ0) is 12.6. The van der Waals surface area contributed by atoms with Crippen LogP contribution in [0.5, 0.6) is 0 Å². The van der Waals surface area contributed by atoms with Crippen LogP contribution in [0, 0.1) is 0 Å². The summed E-state index contributed by atoms with van der Waals surface area (Å²) in [5.41, 5.74) is 6.02. The normalized spacial score (nSPS) is 10.4. The molecule has 0 fully saturated rings. The fraction of sp³-hybridized carbons (Fsp3) is 0.250. The van der Waals surface area contributed by atoms with Crippen LogP contribution in [0.25, 0.3) is 0 Å². The number of rotatable bonds is 3. The molecule has 0 heterocycles.